The lowest BCUT2D eigenvalue weighted by atomic mass is 9.75. The van der Waals surface area contributed by atoms with Crippen LogP contribution in [0.25, 0.3) is 0 Å². The summed E-state index contributed by atoms with van der Waals surface area (Å²) in [6.07, 6.45) is -0.528. The minimum absolute atomic E-state index is 0.0539. The molecule has 0 saturated carbocycles. The summed E-state index contributed by atoms with van der Waals surface area (Å²) in [6, 6.07) is 0. The Morgan fingerprint density at radius 2 is 1.92 bits per heavy atom. The van der Waals surface area contributed by atoms with Crippen LogP contribution in [0.2, 0.25) is 0 Å². The summed E-state index contributed by atoms with van der Waals surface area (Å²) in [6.45, 7) is 11.3. The van der Waals surface area contributed by atoms with Crippen LogP contribution < -0.4 is 0 Å². The van der Waals surface area contributed by atoms with Crippen LogP contribution in [0.1, 0.15) is 27.7 Å². The van der Waals surface area contributed by atoms with Gasteiger partial charge < -0.3 is 10.2 Å². The third-order valence-corrected chi connectivity index (χ3v) is 2.59. The molecule has 2 N–H and O–H groups in total. The predicted octanol–water partition coefficient (Wildman–Crippen LogP) is 1.58. The lowest BCUT2D eigenvalue weighted by Gasteiger charge is -2.35. The first kappa shape index (κ1) is 11.7. The van der Waals surface area contributed by atoms with Crippen LogP contribution in [-0.2, 0) is 0 Å². The molecule has 0 saturated heterocycles. The largest absolute Gasteiger partial charge is 0.395 e. The summed E-state index contributed by atoms with van der Waals surface area (Å²) >= 11 is 0. The Morgan fingerprint density at radius 1 is 1.50 bits per heavy atom. The molecule has 2 atom stereocenters. The van der Waals surface area contributed by atoms with Crippen molar-refractivity contribution in [2.45, 2.75) is 33.8 Å². The van der Waals surface area contributed by atoms with E-state index in [0.717, 1.165) is 5.57 Å². The maximum atomic E-state index is 9.80. The molecule has 0 heterocycles. The third-order valence-electron chi connectivity index (χ3n) is 2.59. The molecule has 0 aromatic heterocycles. The summed E-state index contributed by atoms with van der Waals surface area (Å²) < 4.78 is 0. The average Bonchev–Trinajstić information content (AvgIpc) is 2.01. The van der Waals surface area contributed by atoms with Gasteiger partial charge >= 0.3 is 0 Å². The second-order valence-corrected chi connectivity index (χ2v) is 4.04. The van der Waals surface area contributed by atoms with Gasteiger partial charge in [-0.15, -0.1) is 0 Å². The fraction of sp³-hybridized carbons (Fsp3) is 0.800. The standard InChI is InChI=1S/C10H20O2/c1-7(2)9(12)10(5,6-11)8(3)4/h7,9,11-12H,3,6H2,1-2,4-5H3/t9-,10+/m0/s1. The highest BCUT2D eigenvalue weighted by molar-refractivity contribution is 5.09. The highest BCUT2D eigenvalue weighted by Gasteiger charge is 2.34. The van der Waals surface area contributed by atoms with E-state index in [1.807, 2.05) is 27.7 Å². The number of rotatable bonds is 4. The maximum Gasteiger partial charge on any atom is 0.0675 e. The van der Waals surface area contributed by atoms with Crippen LogP contribution in [0.5, 0.6) is 0 Å². The van der Waals surface area contributed by atoms with Crippen molar-refractivity contribution in [2.75, 3.05) is 6.61 Å². The van der Waals surface area contributed by atoms with Crippen LogP contribution >= 0.6 is 0 Å². The third kappa shape index (κ3) is 2.08. The quantitative estimate of drug-likeness (QED) is 0.632. The second-order valence-electron chi connectivity index (χ2n) is 4.04. The first-order valence-electron chi connectivity index (χ1n) is 4.31. The zero-order valence-corrected chi connectivity index (χ0v) is 8.46. The molecule has 0 rings (SSSR count). The highest BCUT2D eigenvalue weighted by Crippen LogP contribution is 2.32. The molecule has 0 aliphatic heterocycles. The second kappa shape index (κ2) is 4.06. The summed E-state index contributed by atoms with van der Waals surface area (Å²) in [5.74, 6) is 0.138. The van der Waals surface area contributed by atoms with E-state index in [1.54, 1.807) is 0 Å². The normalized spacial score (nSPS) is 18.9. The molecule has 2 heteroatoms. The van der Waals surface area contributed by atoms with Crippen LogP contribution in [0.4, 0.5) is 0 Å². The Labute approximate surface area is 74.9 Å². The van der Waals surface area contributed by atoms with Gasteiger partial charge in [-0.25, -0.2) is 0 Å². The molecule has 0 aliphatic rings. The number of aliphatic hydroxyl groups excluding tert-OH is 2. The molecule has 0 aliphatic carbocycles. The lowest BCUT2D eigenvalue weighted by molar-refractivity contribution is -0.00887. The molecule has 72 valence electrons. The first-order valence-corrected chi connectivity index (χ1v) is 4.31. The molecular formula is C10H20O2. The Morgan fingerprint density at radius 3 is 2.00 bits per heavy atom. The van der Waals surface area contributed by atoms with Crippen molar-refractivity contribution in [3.63, 3.8) is 0 Å². The molecule has 12 heavy (non-hydrogen) atoms. The maximum absolute atomic E-state index is 9.80. The van der Waals surface area contributed by atoms with Crippen molar-refractivity contribution in [1.29, 1.82) is 0 Å². The molecule has 0 amide bonds. The van der Waals surface area contributed by atoms with Gasteiger partial charge in [-0.1, -0.05) is 32.9 Å². The van der Waals surface area contributed by atoms with Crippen molar-refractivity contribution >= 4 is 0 Å². The van der Waals surface area contributed by atoms with Gasteiger partial charge in [0.15, 0.2) is 0 Å². The van der Waals surface area contributed by atoms with Gasteiger partial charge in [-0.2, -0.15) is 0 Å². The minimum atomic E-state index is -0.561. The van der Waals surface area contributed by atoms with Crippen molar-refractivity contribution in [3.05, 3.63) is 12.2 Å². The van der Waals surface area contributed by atoms with Crippen molar-refractivity contribution in [1.82, 2.24) is 0 Å². The Hall–Kier alpha value is -0.340. The summed E-state index contributed by atoms with van der Waals surface area (Å²) in [5.41, 5.74) is 0.264. The van der Waals surface area contributed by atoms with Gasteiger partial charge in [-0.3, -0.25) is 0 Å². The fourth-order valence-electron chi connectivity index (χ4n) is 1.22. The van der Waals surface area contributed by atoms with Gasteiger partial charge in [0.25, 0.3) is 0 Å². The zero-order chi connectivity index (χ0) is 9.94. The van der Waals surface area contributed by atoms with Gasteiger partial charge in [0.2, 0.25) is 0 Å². The first-order chi connectivity index (χ1) is 5.36. The minimum Gasteiger partial charge on any atom is -0.395 e. The molecule has 0 spiro atoms. The van der Waals surface area contributed by atoms with Gasteiger partial charge in [0.05, 0.1) is 12.7 Å². The predicted molar refractivity (Wildman–Crippen MR) is 50.9 cm³/mol. The molecule has 0 bridgehead atoms. The van der Waals surface area contributed by atoms with E-state index < -0.39 is 11.5 Å². The SMILES string of the molecule is C=C(C)[C@@](C)(CO)[C@@H](O)C(C)C. The molecule has 0 unspecified atom stereocenters. The van der Waals surface area contributed by atoms with E-state index >= 15 is 0 Å². The van der Waals surface area contributed by atoms with Crippen molar-refractivity contribution < 1.29 is 10.2 Å². The van der Waals surface area contributed by atoms with E-state index in [9.17, 15) is 5.11 Å². The Balaban J connectivity index is 4.63. The number of aliphatic hydroxyl groups is 2. The van der Waals surface area contributed by atoms with Crippen LogP contribution in [0.3, 0.4) is 0 Å². The molecule has 0 aromatic carbocycles. The molecular weight excluding hydrogens is 152 g/mol. The number of hydrogen-bond donors (Lipinski definition) is 2. The van der Waals surface area contributed by atoms with Crippen LogP contribution in [-0.4, -0.2) is 22.9 Å². The number of hydrogen-bond acceptors (Lipinski definition) is 2. The van der Waals surface area contributed by atoms with Crippen molar-refractivity contribution in [3.8, 4) is 0 Å². The molecule has 0 aromatic rings. The van der Waals surface area contributed by atoms with Crippen LogP contribution in [0, 0.1) is 11.3 Å². The lowest BCUT2D eigenvalue weighted by Crippen LogP contribution is -2.40. The monoisotopic (exact) mass is 172 g/mol. The van der Waals surface area contributed by atoms with Crippen molar-refractivity contribution in [2.24, 2.45) is 11.3 Å². The zero-order valence-electron chi connectivity index (χ0n) is 8.46. The molecule has 0 fully saturated rings. The van der Waals surface area contributed by atoms with E-state index in [1.165, 1.54) is 0 Å². The Bertz CT molecular complexity index is 163. The van der Waals surface area contributed by atoms with E-state index in [4.69, 9.17) is 5.11 Å². The van der Waals surface area contributed by atoms with Gasteiger partial charge in [0, 0.05) is 5.41 Å². The topological polar surface area (TPSA) is 40.5 Å². The van der Waals surface area contributed by atoms with Gasteiger partial charge in [-0.05, 0) is 12.8 Å². The summed E-state index contributed by atoms with van der Waals surface area (Å²) in [5, 5.41) is 18.9. The van der Waals surface area contributed by atoms with E-state index in [-0.39, 0.29) is 12.5 Å². The fourth-order valence-corrected chi connectivity index (χ4v) is 1.22. The Kier molecular flexibility index (Phi) is 3.94. The average molecular weight is 172 g/mol. The molecule has 0 radical (unpaired) electrons. The van der Waals surface area contributed by atoms with E-state index in [0.29, 0.717) is 0 Å². The van der Waals surface area contributed by atoms with E-state index in [2.05, 4.69) is 6.58 Å². The smallest absolute Gasteiger partial charge is 0.0675 e. The highest BCUT2D eigenvalue weighted by atomic mass is 16.3. The summed E-state index contributed by atoms with van der Waals surface area (Å²) in [4.78, 5) is 0. The van der Waals surface area contributed by atoms with Gasteiger partial charge in [0.1, 0.15) is 0 Å². The van der Waals surface area contributed by atoms with Crippen LogP contribution in [0.15, 0.2) is 12.2 Å². The molecule has 2 nitrogen and oxygen atoms in total. The summed E-state index contributed by atoms with van der Waals surface area (Å²) in [7, 11) is 0.